The molecular formula is C21H22FIN2. The Morgan fingerprint density at radius 2 is 1.88 bits per heavy atom. The molecule has 0 aliphatic carbocycles. The highest BCUT2D eigenvalue weighted by molar-refractivity contribution is 14.1. The lowest BCUT2D eigenvalue weighted by atomic mass is 9.88. The van der Waals surface area contributed by atoms with Crippen molar-refractivity contribution in [3.8, 4) is 0 Å². The van der Waals surface area contributed by atoms with Gasteiger partial charge < -0.3 is 4.90 Å². The molecule has 0 saturated heterocycles. The normalized spacial score (nSPS) is 16.1. The largest absolute Gasteiger partial charge is 0.363 e. The zero-order valence-corrected chi connectivity index (χ0v) is 17.1. The van der Waals surface area contributed by atoms with Crippen LogP contribution in [0.25, 0.3) is 5.57 Å². The average Bonchev–Trinajstić information content (AvgIpc) is 2.54. The summed E-state index contributed by atoms with van der Waals surface area (Å²) >= 11 is 2.25. The Hall–Kier alpha value is -1.69. The highest BCUT2D eigenvalue weighted by Crippen LogP contribution is 2.39. The number of anilines is 1. The smallest absolute Gasteiger partial charge is 0.134 e. The quantitative estimate of drug-likeness (QED) is 0.403. The average molecular weight is 448 g/mol. The second-order valence-corrected chi connectivity index (χ2v) is 8.10. The van der Waals surface area contributed by atoms with Crippen LogP contribution in [0.4, 0.5) is 15.8 Å². The maximum absolute atomic E-state index is 14.7. The number of rotatable bonds is 3. The molecule has 2 aromatic rings. The molecule has 1 heterocycles. The van der Waals surface area contributed by atoms with Crippen LogP contribution in [0.2, 0.25) is 0 Å². The molecular weight excluding hydrogens is 426 g/mol. The highest BCUT2D eigenvalue weighted by Gasteiger charge is 2.30. The van der Waals surface area contributed by atoms with Crippen molar-refractivity contribution < 1.29 is 4.39 Å². The zero-order chi connectivity index (χ0) is 18.2. The van der Waals surface area contributed by atoms with Crippen molar-refractivity contribution in [1.29, 1.82) is 0 Å². The number of fused-ring (bicyclic) bond motifs is 1. The fraction of sp³-hybridized carbons (Fsp3) is 0.286. The van der Waals surface area contributed by atoms with Crippen LogP contribution in [-0.4, -0.2) is 18.3 Å². The number of halogens is 2. The van der Waals surface area contributed by atoms with Crippen molar-refractivity contribution in [2.24, 2.45) is 4.99 Å². The molecule has 0 atom stereocenters. The third-order valence-electron chi connectivity index (χ3n) is 4.59. The topological polar surface area (TPSA) is 15.6 Å². The molecule has 0 spiro atoms. The third-order valence-corrected chi connectivity index (χ3v) is 5.31. The van der Waals surface area contributed by atoms with Crippen LogP contribution in [-0.2, 0) is 0 Å². The van der Waals surface area contributed by atoms with E-state index in [1.165, 1.54) is 5.57 Å². The van der Waals surface area contributed by atoms with Gasteiger partial charge >= 0.3 is 0 Å². The van der Waals surface area contributed by atoms with Gasteiger partial charge in [-0.25, -0.2) is 4.39 Å². The van der Waals surface area contributed by atoms with Crippen molar-refractivity contribution in [1.82, 2.24) is 0 Å². The summed E-state index contributed by atoms with van der Waals surface area (Å²) in [5.74, 6) is -0.239. The molecule has 3 rings (SSSR count). The maximum atomic E-state index is 14.7. The first-order chi connectivity index (χ1) is 11.8. The van der Waals surface area contributed by atoms with Crippen molar-refractivity contribution in [3.63, 3.8) is 0 Å². The lowest BCUT2D eigenvalue weighted by Gasteiger charge is -2.42. The first kappa shape index (κ1) is 18.1. The third kappa shape index (κ3) is 3.64. The Kier molecular flexibility index (Phi) is 5.00. The molecule has 0 fully saturated rings. The monoisotopic (exact) mass is 448 g/mol. The van der Waals surface area contributed by atoms with Gasteiger partial charge in [0.25, 0.3) is 0 Å². The Bertz CT molecular complexity index is 851. The van der Waals surface area contributed by atoms with Gasteiger partial charge in [0, 0.05) is 33.1 Å². The van der Waals surface area contributed by atoms with Gasteiger partial charge in [-0.1, -0.05) is 6.08 Å². The van der Waals surface area contributed by atoms with Gasteiger partial charge in [-0.3, -0.25) is 4.99 Å². The standard InChI is InChI=1S/C21H22FIN2/c1-5-25-20-11-19(22)15(10-18(20)14(2)12-21(25,3)4)13-24-17-8-6-16(23)7-9-17/h6-13H,5H2,1-4H3. The molecule has 2 aromatic carbocycles. The minimum atomic E-state index is -0.239. The Balaban J connectivity index is 2.02. The number of aliphatic imine (C=N–C) groups is 1. The molecule has 2 nitrogen and oxygen atoms in total. The van der Waals surface area contributed by atoms with Gasteiger partial charge in [0.05, 0.1) is 11.2 Å². The number of nitrogens with zero attached hydrogens (tertiary/aromatic N) is 2. The maximum Gasteiger partial charge on any atom is 0.134 e. The summed E-state index contributed by atoms with van der Waals surface area (Å²) < 4.78 is 15.8. The molecule has 1 aliphatic heterocycles. The molecule has 0 aromatic heterocycles. The Labute approximate surface area is 162 Å². The summed E-state index contributed by atoms with van der Waals surface area (Å²) in [5, 5.41) is 0. The summed E-state index contributed by atoms with van der Waals surface area (Å²) in [6.45, 7) is 9.34. The van der Waals surface area contributed by atoms with Gasteiger partial charge in [0.15, 0.2) is 0 Å². The van der Waals surface area contributed by atoms with Crippen molar-refractivity contribution in [2.45, 2.75) is 33.2 Å². The predicted molar refractivity (Wildman–Crippen MR) is 114 cm³/mol. The number of likely N-dealkylation sites (N-methyl/N-ethyl adjacent to an activating group) is 1. The van der Waals surface area contributed by atoms with Crippen molar-refractivity contribution in [3.05, 3.63) is 63.0 Å². The Morgan fingerprint density at radius 1 is 1.20 bits per heavy atom. The summed E-state index contributed by atoms with van der Waals surface area (Å²) in [6, 6.07) is 11.4. The van der Waals surface area contributed by atoms with E-state index in [2.05, 4.69) is 66.3 Å². The van der Waals surface area contributed by atoms with E-state index >= 15 is 0 Å². The van der Waals surface area contributed by atoms with E-state index in [-0.39, 0.29) is 11.4 Å². The number of hydrogen-bond donors (Lipinski definition) is 0. The second kappa shape index (κ2) is 6.90. The van der Waals surface area contributed by atoms with E-state index in [4.69, 9.17) is 0 Å². The van der Waals surface area contributed by atoms with Crippen LogP contribution in [0, 0.1) is 9.39 Å². The minimum Gasteiger partial charge on any atom is -0.363 e. The number of hydrogen-bond acceptors (Lipinski definition) is 2. The van der Waals surface area contributed by atoms with Gasteiger partial charge in [-0.05, 0) is 92.3 Å². The Morgan fingerprint density at radius 3 is 2.52 bits per heavy atom. The molecule has 130 valence electrons. The SMILES string of the molecule is CCN1c2cc(F)c(C=Nc3ccc(I)cc3)cc2C(C)=CC1(C)C. The van der Waals surface area contributed by atoms with Crippen molar-refractivity contribution in [2.75, 3.05) is 11.4 Å². The van der Waals surface area contributed by atoms with E-state index in [1.54, 1.807) is 12.3 Å². The van der Waals surface area contributed by atoms with Crippen LogP contribution in [0.1, 0.15) is 38.8 Å². The molecule has 0 bridgehead atoms. The number of allylic oxidation sites excluding steroid dienone is 1. The van der Waals surface area contributed by atoms with Crippen LogP contribution in [0.15, 0.2) is 47.5 Å². The lowest BCUT2D eigenvalue weighted by Crippen LogP contribution is -2.45. The second-order valence-electron chi connectivity index (χ2n) is 6.85. The minimum absolute atomic E-state index is 0.116. The van der Waals surface area contributed by atoms with E-state index < -0.39 is 0 Å². The van der Waals surface area contributed by atoms with E-state index in [0.717, 1.165) is 27.1 Å². The lowest BCUT2D eigenvalue weighted by molar-refractivity contribution is 0.561. The predicted octanol–water partition coefficient (Wildman–Crippen LogP) is 6.20. The zero-order valence-electron chi connectivity index (χ0n) is 15.0. The first-order valence-corrected chi connectivity index (χ1v) is 9.50. The molecule has 25 heavy (non-hydrogen) atoms. The van der Waals surface area contributed by atoms with E-state index in [1.807, 2.05) is 30.3 Å². The van der Waals surface area contributed by atoms with Gasteiger partial charge in [-0.15, -0.1) is 0 Å². The molecule has 0 unspecified atom stereocenters. The summed E-state index contributed by atoms with van der Waals surface area (Å²) in [7, 11) is 0. The molecule has 0 saturated carbocycles. The van der Waals surface area contributed by atoms with Crippen LogP contribution in [0.3, 0.4) is 0 Å². The summed E-state index contributed by atoms with van der Waals surface area (Å²) in [6.07, 6.45) is 3.86. The summed E-state index contributed by atoms with van der Waals surface area (Å²) in [5.41, 5.74) is 4.42. The fourth-order valence-corrected chi connectivity index (χ4v) is 3.82. The number of benzene rings is 2. The molecule has 0 amide bonds. The van der Waals surface area contributed by atoms with Crippen LogP contribution >= 0.6 is 22.6 Å². The van der Waals surface area contributed by atoms with Crippen LogP contribution in [0.5, 0.6) is 0 Å². The fourth-order valence-electron chi connectivity index (χ4n) is 3.46. The van der Waals surface area contributed by atoms with Gasteiger partial charge in [-0.2, -0.15) is 0 Å². The molecule has 4 heteroatoms. The molecule has 0 N–H and O–H groups in total. The van der Waals surface area contributed by atoms with Crippen molar-refractivity contribution >= 4 is 45.8 Å². The van der Waals surface area contributed by atoms with Crippen LogP contribution < -0.4 is 4.90 Å². The molecule has 0 radical (unpaired) electrons. The molecule has 1 aliphatic rings. The van der Waals surface area contributed by atoms with E-state index in [0.29, 0.717) is 5.56 Å². The van der Waals surface area contributed by atoms with Gasteiger partial charge in [0.1, 0.15) is 5.82 Å². The highest BCUT2D eigenvalue weighted by atomic mass is 127. The summed E-state index contributed by atoms with van der Waals surface area (Å²) in [4.78, 5) is 6.65. The first-order valence-electron chi connectivity index (χ1n) is 8.42. The van der Waals surface area contributed by atoms with E-state index in [9.17, 15) is 4.39 Å². The van der Waals surface area contributed by atoms with Gasteiger partial charge in [0.2, 0.25) is 0 Å².